The highest BCUT2D eigenvalue weighted by Crippen LogP contribution is 2.30. The predicted molar refractivity (Wildman–Crippen MR) is 110 cm³/mol. The summed E-state index contributed by atoms with van der Waals surface area (Å²) in [6.45, 7) is 5.76. The first-order valence-corrected chi connectivity index (χ1v) is 9.54. The van der Waals surface area contributed by atoms with Crippen LogP contribution >= 0.6 is 11.6 Å². The average molecular weight is 422 g/mol. The summed E-state index contributed by atoms with van der Waals surface area (Å²) in [4.78, 5) is 23.9. The van der Waals surface area contributed by atoms with Crippen LogP contribution < -0.4 is 19.5 Å². The minimum absolute atomic E-state index is 0.312. The van der Waals surface area contributed by atoms with E-state index in [0.29, 0.717) is 41.2 Å². The van der Waals surface area contributed by atoms with E-state index in [0.717, 1.165) is 5.56 Å². The van der Waals surface area contributed by atoms with E-state index in [2.05, 4.69) is 5.32 Å². The standard InChI is InChI=1S/C21H24ClNO6/c1-4-26-18-9-7-16(11-19(18)27-5-2)23-20(24)12-29-21(25)13-28-17-8-6-15(22)10-14(17)3/h6-11H,4-5,12-13H2,1-3H3,(H,23,24). The molecule has 0 fully saturated rings. The molecule has 29 heavy (non-hydrogen) atoms. The van der Waals surface area contributed by atoms with Gasteiger partial charge < -0.3 is 24.3 Å². The van der Waals surface area contributed by atoms with Gasteiger partial charge in [0.2, 0.25) is 0 Å². The third-order valence-corrected chi connectivity index (χ3v) is 3.91. The van der Waals surface area contributed by atoms with Gasteiger partial charge in [-0.25, -0.2) is 4.79 Å². The highest BCUT2D eigenvalue weighted by atomic mass is 35.5. The lowest BCUT2D eigenvalue weighted by molar-refractivity contribution is -0.149. The SMILES string of the molecule is CCOc1ccc(NC(=O)COC(=O)COc2ccc(Cl)cc2C)cc1OCC. The molecule has 0 bridgehead atoms. The van der Waals surface area contributed by atoms with E-state index in [9.17, 15) is 9.59 Å². The third-order valence-electron chi connectivity index (χ3n) is 3.67. The van der Waals surface area contributed by atoms with Crippen LogP contribution in [0.25, 0.3) is 0 Å². The normalized spacial score (nSPS) is 10.2. The molecule has 7 nitrogen and oxygen atoms in total. The number of halogens is 1. The molecule has 0 spiro atoms. The Balaban J connectivity index is 1.82. The minimum atomic E-state index is -0.656. The van der Waals surface area contributed by atoms with Crippen LogP contribution in [0.5, 0.6) is 17.2 Å². The molecule has 0 aromatic heterocycles. The highest BCUT2D eigenvalue weighted by molar-refractivity contribution is 6.30. The highest BCUT2D eigenvalue weighted by Gasteiger charge is 2.12. The van der Waals surface area contributed by atoms with Gasteiger partial charge in [0.15, 0.2) is 24.7 Å². The molecule has 0 atom stereocenters. The lowest BCUT2D eigenvalue weighted by atomic mass is 10.2. The topological polar surface area (TPSA) is 83.1 Å². The quantitative estimate of drug-likeness (QED) is 0.584. The summed E-state index contributed by atoms with van der Waals surface area (Å²) in [7, 11) is 0. The number of aryl methyl sites for hydroxylation is 1. The minimum Gasteiger partial charge on any atom is -0.490 e. The monoisotopic (exact) mass is 421 g/mol. The molecule has 1 amide bonds. The smallest absolute Gasteiger partial charge is 0.344 e. The third kappa shape index (κ3) is 7.19. The Morgan fingerprint density at radius 3 is 2.28 bits per heavy atom. The van der Waals surface area contributed by atoms with Gasteiger partial charge in [0.1, 0.15) is 5.75 Å². The second-order valence-corrected chi connectivity index (χ2v) is 6.37. The Morgan fingerprint density at radius 2 is 1.59 bits per heavy atom. The van der Waals surface area contributed by atoms with Crippen LogP contribution in [0.3, 0.4) is 0 Å². The Morgan fingerprint density at radius 1 is 0.897 bits per heavy atom. The maximum Gasteiger partial charge on any atom is 0.344 e. The molecular weight excluding hydrogens is 398 g/mol. The maximum atomic E-state index is 12.0. The first-order chi connectivity index (χ1) is 13.9. The maximum absolute atomic E-state index is 12.0. The van der Waals surface area contributed by atoms with E-state index in [1.165, 1.54) is 0 Å². The van der Waals surface area contributed by atoms with Gasteiger partial charge in [-0.15, -0.1) is 0 Å². The molecule has 156 valence electrons. The zero-order chi connectivity index (χ0) is 21.2. The second kappa shape index (κ2) is 11.2. The number of esters is 1. The first-order valence-electron chi connectivity index (χ1n) is 9.17. The van der Waals surface area contributed by atoms with E-state index >= 15 is 0 Å². The van der Waals surface area contributed by atoms with Crippen LogP contribution in [0.1, 0.15) is 19.4 Å². The van der Waals surface area contributed by atoms with Gasteiger partial charge in [0.05, 0.1) is 13.2 Å². The zero-order valence-electron chi connectivity index (χ0n) is 16.6. The molecular formula is C21H24ClNO6. The van der Waals surface area contributed by atoms with Crippen molar-refractivity contribution in [2.45, 2.75) is 20.8 Å². The number of hydrogen-bond acceptors (Lipinski definition) is 6. The number of amides is 1. The van der Waals surface area contributed by atoms with Crippen molar-refractivity contribution in [3.8, 4) is 17.2 Å². The molecule has 0 saturated carbocycles. The van der Waals surface area contributed by atoms with Gasteiger partial charge in [0, 0.05) is 16.8 Å². The van der Waals surface area contributed by atoms with E-state index in [1.807, 2.05) is 20.8 Å². The van der Waals surface area contributed by atoms with Crippen LogP contribution in [0.15, 0.2) is 36.4 Å². The molecule has 2 rings (SSSR count). The number of carbonyl (C=O) groups excluding carboxylic acids is 2. The van der Waals surface area contributed by atoms with E-state index in [-0.39, 0.29) is 6.61 Å². The number of ether oxygens (including phenoxy) is 4. The molecule has 0 aliphatic heterocycles. The number of carbonyl (C=O) groups is 2. The van der Waals surface area contributed by atoms with Gasteiger partial charge >= 0.3 is 5.97 Å². The van der Waals surface area contributed by atoms with Gasteiger partial charge in [0.25, 0.3) is 5.91 Å². The Bertz CT molecular complexity index is 855. The Labute approximate surface area is 174 Å². The van der Waals surface area contributed by atoms with Gasteiger partial charge in [-0.3, -0.25) is 4.79 Å². The number of anilines is 1. The summed E-state index contributed by atoms with van der Waals surface area (Å²) in [5, 5.41) is 3.23. The van der Waals surface area contributed by atoms with Crippen molar-refractivity contribution in [3.05, 3.63) is 47.0 Å². The number of benzene rings is 2. The van der Waals surface area contributed by atoms with Crippen LogP contribution in [0, 0.1) is 6.92 Å². The summed E-state index contributed by atoms with van der Waals surface area (Å²) >= 11 is 5.88. The zero-order valence-corrected chi connectivity index (χ0v) is 17.4. The molecule has 0 saturated heterocycles. The molecule has 1 N–H and O–H groups in total. The van der Waals surface area contributed by atoms with E-state index in [1.54, 1.807) is 36.4 Å². The average Bonchev–Trinajstić information content (AvgIpc) is 2.68. The number of nitrogens with one attached hydrogen (secondary N) is 1. The van der Waals surface area contributed by atoms with Crippen LogP contribution in [-0.2, 0) is 14.3 Å². The summed E-state index contributed by atoms with van der Waals surface area (Å²) in [5.41, 5.74) is 1.30. The first kappa shape index (κ1) is 22.4. The molecule has 8 heteroatoms. The van der Waals surface area contributed by atoms with Crippen molar-refractivity contribution in [2.75, 3.05) is 31.7 Å². The van der Waals surface area contributed by atoms with Crippen LogP contribution in [0.4, 0.5) is 5.69 Å². The van der Waals surface area contributed by atoms with Crippen LogP contribution in [0.2, 0.25) is 5.02 Å². The predicted octanol–water partition coefficient (Wildman–Crippen LogP) is 4.01. The molecule has 0 aliphatic rings. The fraction of sp³-hybridized carbons (Fsp3) is 0.333. The molecule has 0 heterocycles. The number of rotatable bonds is 10. The van der Waals surface area contributed by atoms with Crippen molar-refractivity contribution >= 4 is 29.2 Å². The largest absolute Gasteiger partial charge is 0.490 e. The molecule has 0 unspecified atom stereocenters. The van der Waals surface area contributed by atoms with E-state index < -0.39 is 18.5 Å². The summed E-state index contributed by atoms with van der Waals surface area (Å²) in [5.74, 6) is 0.502. The fourth-order valence-corrected chi connectivity index (χ4v) is 2.65. The van der Waals surface area contributed by atoms with Crippen molar-refractivity contribution < 1.29 is 28.5 Å². The van der Waals surface area contributed by atoms with Crippen molar-refractivity contribution in [1.29, 1.82) is 0 Å². The van der Waals surface area contributed by atoms with Crippen LogP contribution in [-0.4, -0.2) is 38.3 Å². The molecule has 0 radical (unpaired) electrons. The van der Waals surface area contributed by atoms with Gasteiger partial charge in [-0.05, 0) is 56.7 Å². The molecule has 2 aromatic rings. The Hall–Kier alpha value is -2.93. The Kier molecular flexibility index (Phi) is 8.61. The lowest BCUT2D eigenvalue weighted by Gasteiger charge is -2.13. The molecule has 2 aromatic carbocycles. The van der Waals surface area contributed by atoms with Crippen molar-refractivity contribution in [1.82, 2.24) is 0 Å². The second-order valence-electron chi connectivity index (χ2n) is 5.93. The van der Waals surface area contributed by atoms with Crippen molar-refractivity contribution in [3.63, 3.8) is 0 Å². The summed E-state index contributed by atoms with van der Waals surface area (Å²) in [6, 6.07) is 10.1. The van der Waals surface area contributed by atoms with E-state index in [4.69, 9.17) is 30.5 Å². The van der Waals surface area contributed by atoms with Gasteiger partial charge in [-0.2, -0.15) is 0 Å². The molecule has 0 aliphatic carbocycles. The van der Waals surface area contributed by atoms with Crippen molar-refractivity contribution in [2.24, 2.45) is 0 Å². The fourth-order valence-electron chi connectivity index (χ4n) is 2.43. The van der Waals surface area contributed by atoms with Gasteiger partial charge in [-0.1, -0.05) is 11.6 Å². The summed E-state index contributed by atoms with van der Waals surface area (Å²) in [6.07, 6.45) is 0. The lowest BCUT2D eigenvalue weighted by Crippen LogP contribution is -2.23. The summed E-state index contributed by atoms with van der Waals surface area (Å²) < 4.78 is 21.3. The number of hydrogen-bond donors (Lipinski definition) is 1.